The van der Waals surface area contributed by atoms with Crippen molar-refractivity contribution in [3.8, 4) is 17.2 Å². The summed E-state index contributed by atoms with van der Waals surface area (Å²) < 4.78 is 80.5. The van der Waals surface area contributed by atoms with Crippen molar-refractivity contribution < 1.29 is 70.1 Å². The molecule has 5 aromatic carbocycles. The first-order chi connectivity index (χ1) is 24.2. The van der Waals surface area contributed by atoms with E-state index in [9.17, 15) is 36.2 Å². The molecular weight excluding hydrogens is 763 g/mol. The van der Waals surface area contributed by atoms with Gasteiger partial charge in [0.2, 0.25) is 0 Å². The summed E-state index contributed by atoms with van der Waals surface area (Å²) in [6.07, 6.45) is 0. The summed E-state index contributed by atoms with van der Waals surface area (Å²) in [5.74, 6) is -1.06. The number of aromatic hydroxyl groups is 2. The minimum Gasteiger partial charge on any atom is -0.507 e. The third-order valence-corrected chi connectivity index (χ3v) is 9.73. The molecule has 0 bridgehead atoms. The predicted molar refractivity (Wildman–Crippen MR) is 178 cm³/mol. The molecular formula is C27H21N5O15S4. The third kappa shape index (κ3) is 8.28. The maximum atomic E-state index is 12.0. The molecule has 0 aliphatic carbocycles. The number of anilines is 1. The average molecular weight is 784 g/mol. The highest BCUT2D eigenvalue weighted by Gasteiger charge is 2.22. The summed E-state index contributed by atoms with van der Waals surface area (Å²) in [5.41, 5.74) is 5.39. The van der Waals surface area contributed by atoms with Gasteiger partial charge in [0.25, 0.3) is 20.2 Å². The Balaban J connectivity index is 1.62. The second-order valence-electron chi connectivity index (χ2n) is 9.79. The number of nitrogen functional groups attached to an aromatic ring is 1. The number of methoxy groups -OCH3 is 1. The number of azo groups is 2. The van der Waals surface area contributed by atoms with Gasteiger partial charge in [-0.1, -0.05) is 16.1 Å². The van der Waals surface area contributed by atoms with E-state index < -0.39 is 41.5 Å². The van der Waals surface area contributed by atoms with Gasteiger partial charge >= 0.3 is 0 Å². The Labute approximate surface area is 294 Å². The predicted octanol–water partition coefficient (Wildman–Crippen LogP) is 7.18. The van der Waals surface area contributed by atoms with Gasteiger partial charge in [-0.05, 0) is 53.2 Å². The molecule has 0 spiro atoms. The van der Waals surface area contributed by atoms with Crippen molar-refractivity contribution in [1.82, 2.24) is 0 Å². The van der Waals surface area contributed by atoms with Crippen LogP contribution in [0.15, 0.2) is 101 Å². The van der Waals surface area contributed by atoms with E-state index in [0.29, 0.717) is 29.5 Å². The maximum absolute atomic E-state index is 12.0. The van der Waals surface area contributed by atoms with Gasteiger partial charge in [-0.2, -0.15) is 21.9 Å². The molecule has 24 heteroatoms. The molecule has 0 aliphatic heterocycles. The van der Waals surface area contributed by atoms with E-state index in [1.165, 1.54) is 49.6 Å². The van der Waals surface area contributed by atoms with Gasteiger partial charge < -0.3 is 20.7 Å². The number of phenols is 2. The Hall–Kier alpha value is -4.70. The van der Waals surface area contributed by atoms with Crippen LogP contribution in [0, 0.1) is 0 Å². The molecule has 0 aliphatic rings. The van der Waals surface area contributed by atoms with Crippen LogP contribution in [0.1, 0.15) is 0 Å². The number of rotatable bonds is 13. The maximum Gasteiger partial charge on any atom is 0.296 e. The third-order valence-electron chi connectivity index (χ3n) is 6.78. The number of benzene rings is 5. The van der Waals surface area contributed by atoms with E-state index in [1.54, 1.807) is 0 Å². The fourth-order valence-electron chi connectivity index (χ4n) is 4.58. The van der Waals surface area contributed by atoms with E-state index in [2.05, 4.69) is 39.2 Å². The van der Waals surface area contributed by atoms with Crippen molar-refractivity contribution in [1.29, 1.82) is 0 Å². The van der Waals surface area contributed by atoms with Crippen LogP contribution in [0.4, 0.5) is 28.4 Å². The first-order valence-corrected chi connectivity index (χ1v) is 17.7. The van der Waals surface area contributed by atoms with Gasteiger partial charge in [0, 0.05) is 22.9 Å². The highest BCUT2D eigenvalue weighted by atomic mass is 32.2. The van der Waals surface area contributed by atoms with Crippen LogP contribution in [0.3, 0.4) is 0 Å². The second kappa shape index (κ2) is 15.3. The van der Waals surface area contributed by atoms with Gasteiger partial charge in [0.05, 0.1) is 57.3 Å². The molecule has 0 aromatic heterocycles. The summed E-state index contributed by atoms with van der Waals surface area (Å²) >= 11 is 0.802. The smallest absolute Gasteiger partial charge is 0.296 e. The van der Waals surface area contributed by atoms with Crippen LogP contribution >= 0.6 is 24.1 Å². The Kier molecular flexibility index (Phi) is 11.2. The van der Waals surface area contributed by atoms with Gasteiger partial charge in [-0.3, -0.25) is 9.11 Å². The summed E-state index contributed by atoms with van der Waals surface area (Å²) in [6.45, 7) is 0. The monoisotopic (exact) mass is 783 g/mol. The van der Waals surface area contributed by atoms with E-state index in [1.807, 2.05) is 0 Å². The second-order valence-corrected chi connectivity index (χ2v) is 14.1. The molecule has 8 N–H and O–H groups in total. The number of hydrogen-bond acceptors (Lipinski definition) is 20. The molecule has 0 fully saturated rings. The van der Waals surface area contributed by atoms with E-state index in [0.717, 1.165) is 18.2 Å². The Bertz CT molecular complexity index is 2450. The average Bonchev–Trinajstić information content (AvgIpc) is 3.08. The van der Waals surface area contributed by atoms with Crippen molar-refractivity contribution in [3.05, 3.63) is 60.7 Å². The molecule has 51 heavy (non-hydrogen) atoms. The van der Waals surface area contributed by atoms with Gasteiger partial charge in [0.15, 0.2) is 5.75 Å². The molecule has 0 saturated heterocycles. The highest BCUT2D eigenvalue weighted by Crippen LogP contribution is 2.47. The lowest BCUT2D eigenvalue weighted by Crippen LogP contribution is -1.99. The Morgan fingerprint density at radius 3 is 2.00 bits per heavy atom. The molecule has 0 heterocycles. The zero-order chi connectivity index (χ0) is 37.1. The Morgan fingerprint density at radius 2 is 1.37 bits per heavy atom. The van der Waals surface area contributed by atoms with Gasteiger partial charge in [0.1, 0.15) is 33.5 Å². The molecule has 5 rings (SSSR count). The van der Waals surface area contributed by atoms with Crippen molar-refractivity contribution in [2.24, 2.45) is 20.5 Å². The topological polar surface area (TPSA) is 311 Å². The first-order valence-electron chi connectivity index (χ1n) is 13.3. The number of nitrogens with two attached hydrogens (primary N) is 1. The lowest BCUT2D eigenvalue weighted by atomic mass is 10.1. The quantitative estimate of drug-likeness (QED) is 0.0155. The molecule has 0 saturated carbocycles. The van der Waals surface area contributed by atoms with Crippen molar-refractivity contribution in [2.45, 2.75) is 19.6 Å². The molecule has 20 nitrogen and oxygen atoms in total. The molecule has 0 radical (unpaired) electrons. The van der Waals surface area contributed by atoms with Crippen LogP contribution in [0.5, 0.6) is 17.2 Å². The molecule has 5 aromatic rings. The van der Waals surface area contributed by atoms with E-state index >= 15 is 0 Å². The number of hydrogen-bond donors (Lipinski definition) is 7. The van der Waals surface area contributed by atoms with Crippen LogP contribution in [-0.4, -0.2) is 53.8 Å². The number of nitrogens with zero attached hydrogens (tertiary/aromatic N) is 4. The van der Waals surface area contributed by atoms with E-state index in [-0.39, 0.29) is 60.1 Å². The number of ether oxygens (including phenoxy) is 1. The summed E-state index contributed by atoms with van der Waals surface area (Å²) in [5, 5.41) is 63.1. The number of phenolic OH excluding ortho intramolecular Hbond substituents is 2. The van der Waals surface area contributed by atoms with Crippen LogP contribution < -0.4 is 10.5 Å². The molecule has 0 atom stereocenters. The largest absolute Gasteiger partial charge is 0.507 e. The SMILES string of the molecule is COc1ccc(N=Nc2c(SOOO)cc3ccc(N=Nc4c(SOOO)cc5cc(S(=O)(=O)O)cc(O)c5c4N)cc3c2O)c(S(=O)(=O)O)c1. The van der Waals surface area contributed by atoms with Gasteiger partial charge in [-0.25, -0.2) is 10.5 Å². The summed E-state index contributed by atoms with van der Waals surface area (Å²) in [6, 6.07) is 12.4. The number of fused-ring (bicyclic) bond motifs is 2. The lowest BCUT2D eigenvalue weighted by Gasteiger charge is -2.12. The van der Waals surface area contributed by atoms with Crippen LogP contribution in [0.25, 0.3) is 21.5 Å². The molecule has 0 amide bonds. The standard InChI is InChI=1S/C27H21N5O15S4/c1-43-15-4-5-18(22(10-15)51(40,41)42)30-32-26-21(49-47-45-36)7-12-2-3-14(9-17(12)27(26)34)29-31-25-20(48-46-44-35)8-13-6-16(50(37,38)39)11-19(33)23(13)24(25)28/h2-11,33-36H,28H2,1H3,(H,37,38,39)(H,40,41,42). The summed E-state index contributed by atoms with van der Waals surface area (Å²) in [7, 11) is -8.24. The van der Waals surface area contributed by atoms with E-state index in [4.69, 9.17) is 21.0 Å². The minimum absolute atomic E-state index is 0.00610. The minimum atomic E-state index is -4.80. The first kappa shape index (κ1) is 37.6. The summed E-state index contributed by atoms with van der Waals surface area (Å²) in [4.78, 5) is -1.24. The normalized spacial score (nSPS) is 12.5. The fraction of sp³-hybridized carbons (Fsp3) is 0.0370. The zero-order valence-electron chi connectivity index (χ0n) is 25.1. The van der Waals surface area contributed by atoms with Crippen LogP contribution in [-0.2, 0) is 39.0 Å². The van der Waals surface area contributed by atoms with Crippen LogP contribution in [0.2, 0.25) is 0 Å². The van der Waals surface area contributed by atoms with Gasteiger partial charge in [-0.15, -0.1) is 24.0 Å². The highest BCUT2D eigenvalue weighted by molar-refractivity contribution is 7.95. The van der Waals surface area contributed by atoms with Crippen molar-refractivity contribution in [2.75, 3.05) is 12.8 Å². The fourth-order valence-corrected chi connectivity index (χ4v) is 6.76. The molecule has 0 unspecified atom stereocenters. The van der Waals surface area contributed by atoms with Crippen molar-refractivity contribution >= 4 is 94.3 Å². The lowest BCUT2D eigenvalue weighted by molar-refractivity contribution is -0.432. The zero-order valence-corrected chi connectivity index (χ0v) is 28.4. The van der Waals surface area contributed by atoms with Crippen molar-refractivity contribution in [3.63, 3.8) is 0 Å². The molecule has 268 valence electrons. The Morgan fingerprint density at radius 1 is 0.725 bits per heavy atom.